The highest BCUT2D eigenvalue weighted by Crippen LogP contribution is 2.33. The fraction of sp³-hybridized carbons (Fsp3) is 0.571. The van der Waals surface area contributed by atoms with Crippen LogP contribution in [0.3, 0.4) is 0 Å². The van der Waals surface area contributed by atoms with Gasteiger partial charge in [0.1, 0.15) is 0 Å². The van der Waals surface area contributed by atoms with E-state index >= 15 is 0 Å². The van der Waals surface area contributed by atoms with Crippen molar-refractivity contribution < 1.29 is 9.84 Å². The molecule has 94 valence electrons. The van der Waals surface area contributed by atoms with Crippen molar-refractivity contribution in [3.05, 3.63) is 35.9 Å². The summed E-state index contributed by atoms with van der Waals surface area (Å²) in [4.78, 5) is 0. The smallest absolute Gasteiger partial charge is 0.0626 e. The highest BCUT2D eigenvalue weighted by atomic mass is 16.5. The minimum absolute atomic E-state index is 0.0111. The topological polar surface area (TPSA) is 41.5 Å². The Bertz CT molecular complexity index is 324. The normalized spacial score (nSPS) is 18.9. The van der Waals surface area contributed by atoms with Gasteiger partial charge in [-0.1, -0.05) is 30.3 Å². The van der Waals surface area contributed by atoms with E-state index in [1.54, 1.807) is 7.11 Å². The van der Waals surface area contributed by atoms with Crippen molar-refractivity contribution in [1.82, 2.24) is 5.32 Å². The standard InChI is InChI=1S/C14H21NO2/c1-17-10-14(12-7-8-12)15-13(9-16)11-5-3-2-4-6-11/h2-6,12-16H,7-10H2,1H3/t13-,14?/m0/s1. The summed E-state index contributed by atoms with van der Waals surface area (Å²) < 4.78 is 5.24. The molecule has 2 rings (SSSR count). The van der Waals surface area contributed by atoms with E-state index < -0.39 is 0 Å². The number of rotatable bonds is 7. The predicted molar refractivity (Wildman–Crippen MR) is 67.8 cm³/mol. The molecule has 0 spiro atoms. The summed E-state index contributed by atoms with van der Waals surface area (Å²) in [5.41, 5.74) is 1.14. The van der Waals surface area contributed by atoms with Crippen LogP contribution in [-0.2, 0) is 4.74 Å². The average Bonchev–Trinajstić information content (AvgIpc) is 3.20. The van der Waals surface area contributed by atoms with Gasteiger partial charge < -0.3 is 15.2 Å². The van der Waals surface area contributed by atoms with E-state index in [0.29, 0.717) is 18.6 Å². The number of nitrogens with one attached hydrogen (secondary N) is 1. The third-order valence-electron chi connectivity index (χ3n) is 3.34. The first-order chi connectivity index (χ1) is 8.35. The van der Waals surface area contributed by atoms with Crippen LogP contribution in [-0.4, -0.2) is 31.5 Å². The highest BCUT2D eigenvalue weighted by molar-refractivity contribution is 5.19. The second-order valence-corrected chi connectivity index (χ2v) is 4.71. The van der Waals surface area contributed by atoms with Crippen molar-refractivity contribution in [2.75, 3.05) is 20.3 Å². The fourth-order valence-electron chi connectivity index (χ4n) is 2.20. The van der Waals surface area contributed by atoms with Gasteiger partial charge in [0.2, 0.25) is 0 Å². The molecule has 17 heavy (non-hydrogen) atoms. The van der Waals surface area contributed by atoms with E-state index in [4.69, 9.17) is 4.74 Å². The molecule has 2 N–H and O–H groups in total. The molecule has 0 saturated heterocycles. The zero-order chi connectivity index (χ0) is 12.1. The summed E-state index contributed by atoms with van der Waals surface area (Å²) in [6.45, 7) is 0.838. The molecule has 1 saturated carbocycles. The lowest BCUT2D eigenvalue weighted by atomic mass is 10.1. The van der Waals surface area contributed by atoms with E-state index in [9.17, 15) is 5.11 Å². The fourth-order valence-corrected chi connectivity index (χ4v) is 2.20. The van der Waals surface area contributed by atoms with Crippen molar-refractivity contribution in [3.8, 4) is 0 Å². The quantitative estimate of drug-likeness (QED) is 0.756. The zero-order valence-electron chi connectivity index (χ0n) is 10.3. The van der Waals surface area contributed by atoms with Crippen LogP contribution < -0.4 is 5.32 Å². The molecule has 0 amide bonds. The molecule has 0 aromatic heterocycles. The van der Waals surface area contributed by atoms with Crippen LogP contribution in [0.15, 0.2) is 30.3 Å². The second kappa shape index (κ2) is 6.15. The van der Waals surface area contributed by atoms with Crippen molar-refractivity contribution >= 4 is 0 Å². The van der Waals surface area contributed by atoms with Crippen LogP contribution in [0, 0.1) is 5.92 Å². The lowest BCUT2D eigenvalue weighted by Crippen LogP contribution is -2.39. The maximum Gasteiger partial charge on any atom is 0.0626 e. The minimum atomic E-state index is 0.0111. The monoisotopic (exact) mass is 235 g/mol. The van der Waals surface area contributed by atoms with Crippen LogP contribution >= 0.6 is 0 Å². The molecule has 1 aliphatic carbocycles. The Hall–Kier alpha value is -0.900. The van der Waals surface area contributed by atoms with Gasteiger partial charge in [0.15, 0.2) is 0 Å². The third kappa shape index (κ3) is 3.53. The van der Waals surface area contributed by atoms with Crippen LogP contribution in [0.25, 0.3) is 0 Å². The van der Waals surface area contributed by atoms with Gasteiger partial charge in [-0.3, -0.25) is 0 Å². The van der Waals surface area contributed by atoms with E-state index in [1.807, 2.05) is 30.3 Å². The summed E-state index contributed by atoms with van der Waals surface area (Å²) in [7, 11) is 1.73. The van der Waals surface area contributed by atoms with Crippen LogP contribution in [0.2, 0.25) is 0 Å². The highest BCUT2D eigenvalue weighted by Gasteiger charge is 2.32. The Morgan fingerprint density at radius 3 is 2.59 bits per heavy atom. The van der Waals surface area contributed by atoms with Gasteiger partial charge in [-0.25, -0.2) is 0 Å². The predicted octanol–water partition coefficient (Wildman–Crippen LogP) is 1.73. The molecule has 0 aliphatic heterocycles. The maximum atomic E-state index is 9.50. The second-order valence-electron chi connectivity index (χ2n) is 4.71. The Balaban J connectivity index is 1.98. The van der Waals surface area contributed by atoms with Crippen molar-refractivity contribution in [1.29, 1.82) is 0 Å². The van der Waals surface area contributed by atoms with E-state index in [0.717, 1.165) is 5.56 Å². The summed E-state index contributed by atoms with van der Waals surface area (Å²) in [6.07, 6.45) is 2.54. The molecule has 0 radical (unpaired) electrons. The first kappa shape index (κ1) is 12.6. The average molecular weight is 235 g/mol. The number of aliphatic hydroxyl groups is 1. The summed E-state index contributed by atoms with van der Waals surface area (Å²) in [6, 6.07) is 10.5. The third-order valence-corrected chi connectivity index (χ3v) is 3.34. The molecule has 1 unspecified atom stereocenters. The van der Waals surface area contributed by atoms with Gasteiger partial charge in [-0.15, -0.1) is 0 Å². The molecule has 1 aromatic carbocycles. The molecule has 1 fully saturated rings. The molecule has 0 heterocycles. The van der Waals surface area contributed by atoms with Gasteiger partial charge >= 0.3 is 0 Å². The Morgan fingerprint density at radius 2 is 2.06 bits per heavy atom. The SMILES string of the molecule is COCC(N[C@@H](CO)c1ccccc1)C1CC1. The minimum Gasteiger partial charge on any atom is -0.394 e. The number of hydrogen-bond donors (Lipinski definition) is 2. The number of aliphatic hydroxyl groups excluding tert-OH is 1. The summed E-state index contributed by atoms with van der Waals surface area (Å²) >= 11 is 0. The van der Waals surface area contributed by atoms with Gasteiger partial charge in [-0.05, 0) is 24.3 Å². The summed E-state index contributed by atoms with van der Waals surface area (Å²) in [5, 5.41) is 13.0. The molecule has 3 heteroatoms. The van der Waals surface area contributed by atoms with Crippen molar-refractivity contribution in [2.45, 2.75) is 24.9 Å². The molecular weight excluding hydrogens is 214 g/mol. The number of ether oxygens (including phenoxy) is 1. The first-order valence-corrected chi connectivity index (χ1v) is 6.26. The largest absolute Gasteiger partial charge is 0.394 e. The molecule has 2 atom stereocenters. The number of methoxy groups -OCH3 is 1. The van der Waals surface area contributed by atoms with Gasteiger partial charge in [0.05, 0.1) is 19.3 Å². The lowest BCUT2D eigenvalue weighted by molar-refractivity contribution is 0.139. The maximum absolute atomic E-state index is 9.50. The van der Waals surface area contributed by atoms with Gasteiger partial charge in [-0.2, -0.15) is 0 Å². The molecule has 1 aromatic rings. The van der Waals surface area contributed by atoms with Gasteiger partial charge in [0.25, 0.3) is 0 Å². The van der Waals surface area contributed by atoms with E-state index in [1.165, 1.54) is 12.8 Å². The molecular formula is C14H21NO2. The molecule has 1 aliphatic rings. The zero-order valence-corrected chi connectivity index (χ0v) is 10.3. The molecule has 0 bridgehead atoms. The van der Waals surface area contributed by atoms with Crippen LogP contribution in [0.4, 0.5) is 0 Å². The Labute approximate surface area is 103 Å². The van der Waals surface area contributed by atoms with Crippen molar-refractivity contribution in [2.24, 2.45) is 5.92 Å². The Kier molecular flexibility index (Phi) is 4.54. The molecule has 3 nitrogen and oxygen atoms in total. The first-order valence-electron chi connectivity index (χ1n) is 6.26. The lowest BCUT2D eigenvalue weighted by Gasteiger charge is -2.24. The van der Waals surface area contributed by atoms with E-state index in [-0.39, 0.29) is 12.6 Å². The number of hydrogen-bond acceptors (Lipinski definition) is 3. The van der Waals surface area contributed by atoms with Crippen LogP contribution in [0.5, 0.6) is 0 Å². The summed E-state index contributed by atoms with van der Waals surface area (Å²) in [5.74, 6) is 0.715. The Morgan fingerprint density at radius 1 is 1.35 bits per heavy atom. The number of benzene rings is 1. The van der Waals surface area contributed by atoms with Gasteiger partial charge in [0, 0.05) is 13.2 Å². The van der Waals surface area contributed by atoms with E-state index in [2.05, 4.69) is 5.32 Å². The van der Waals surface area contributed by atoms with Crippen LogP contribution in [0.1, 0.15) is 24.4 Å². The van der Waals surface area contributed by atoms with Crippen molar-refractivity contribution in [3.63, 3.8) is 0 Å².